The molecular weight excluding hydrogens is 568 g/mol. The van der Waals surface area contributed by atoms with E-state index in [2.05, 4.69) is 15.5 Å². The number of thioether (sulfide) groups is 1. The third-order valence-electron chi connectivity index (χ3n) is 7.14. The molecule has 0 aliphatic carbocycles. The second-order valence-electron chi connectivity index (χ2n) is 10.1. The van der Waals surface area contributed by atoms with Gasteiger partial charge in [0.25, 0.3) is 0 Å². The van der Waals surface area contributed by atoms with Crippen molar-refractivity contribution in [3.05, 3.63) is 83.4 Å². The number of anilines is 2. The molecule has 0 spiro atoms. The molecule has 0 aromatic heterocycles. The second-order valence-corrected chi connectivity index (χ2v) is 11.3. The van der Waals surface area contributed by atoms with E-state index in [0.29, 0.717) is 36.0 Å². The highest BCUT2D eigenvalue weighted by Gasteiger charge is 2.19. The van der Waals surface area contributed by atoms with Crippen molar-refractivity contribution >= 4 is 41.0 Å². The number of amides is 3. The molecule has 1 saturated heterocycles. The predicted octanol–water partition coefficient (Wildman–Crippen LogP) is 4.84. The van der Waals surface area contributed by atoms with Crippen LogP contribution >= 0.6 is 11.8 Å². The van der Waals surface area contributed by atoms with E-state index in [1.54, 1.807) is 24.3 Å². The zero-order valence-electron chi connectivity index (χ0n) is 24.5. The van der Waals surface area contributed by atoms with E-state index in [4.69, 9.17) is 14.6 Å². The van der Waals surface area contributed by atoms with Crippen LogP contribution < -0.4 is 20.1 Å². The van der Waals surface area contributed by atoms with E-state index >= 15 is 0 Å². The van der Waals surface area contributed by atoms with Crippen LogP contribution in [0.4, 0.5) is 16.2 Å². The zero-order valence-corrected chi connectivity index (χ0v) is 25.3. The lowest BCUT2D eigenvalue weighted by Gasteiger charge is -2.30. The van der Waals surface area contributed by atoms with Gasteiger partial charge < -0.3 is 30.1 Å². The molecule has 3 aromatic carbocycles. The first kappa shape index (κ1) is 31.7. The van der Waals surface area contributed by atoms with Gasteiger partial charge >= 0.3 is 12.0 Å². The van der Waals surface area contributed by atoms with Gasteiger partial charge in [-0.1, -0.05) is 24.3 Å². The van der Waals surface area contributed by atoms with Crippen LogP contribution in [0.1, 0.15) is 21.5 Å². The number of aromatic carboxylic acids is 1. The third kappa shape index (κ3) is 9.65. The lowest BCUT2D eigenvalue weighted by molar-refractivity contribution is -0.131. The molecule has 3 amide bonds. The number of carbonyl (C=O) groups excluding carboxylic acids is 2. The number of carbonyl (C=O) groups is 3. The number of carboxylic acid groups (broad SMARTS) is 1. The maximum atomic E-state index is 13.5. The molecule has 10 nitrogen and oxygen atoms in total. The average Bonchev–Trinajstić information content (AvgIpc) is 3.01. The predicted molar refractivity (Wildman–Crippen MR) is 170 cm³/mol. The molecule has 1 aliphatic rings. The van der Waals surface area contributed by atoms with Crippen molar-refractivity contribution in [1.29, 1.82) is 0 Å². The smallest absolute Gasteiger partial charge is 0.335 e. The summed E-state index contributed by atoms with van der Waals surface area (Å²) in [7, 11) is 1.52. The Labute approximate surface area is 256 Å². The lowest BCUT2D eigenvalue weighted by atomic mass is 10.1. The number of carboxylic acids is 1. The van der Waals surface area contributed by atoms with E-state index < -0.39 is 12.0 Å². The van der Waals surface area contributed by atoms with Crippen LogP contribution in [-0.2, 0) is 11.2 Å². The second kappa shape index (κ2) is 15.9. The monoisotopic (exact) mass is 606 g/mol. The fourth-order valence-electron chi connectivity index (χ4n) is 4.64. The van der Waals surface area contributed by atoms with Crippen LogP contribution in [0.3, 0.4) is 0 Å². The SMILES string of the molecule is COc1cc(CC(=O)N(CCOc2ccc(C(=O)O)cc2)CCN2CCSCC2)ccc1NC(=O)Nc1ccccc1C. The van der Waals surface area contributed by atoms with Gasteiger partial charge in [0.15, 0.2) is 0 Å². The Bertz CT molecular complexity index is 1390. The molecule has 1 heterocycles. The van der Waals surface area contributed by atoms with E-state index in [1.807, 2.05) is 53.9 Å². The molecule has 1 aliphatic heterocycles. The number of nitrogens with zero attached hydrogens (tertiary/aromatic N) is 2. The van der Waals surface area contributed by atoms with Crippen LogP contribution in [0.2, 0.25) is 0 Å². The number of nitrogens with one attached hydrogen (secondary N) is 2. The summed E-state index contributed by atoms with van der Waals surface area (Å²) in [6.45, 7) is 5.93. The van der Waals surface area contributed by atoms with Gasteiger partial charge in [-0.15, -0.1) is 0 Å². The summed E-state index contributed by atoms with van der Waals surface area (Å²) in [4.78, 5) is 41.4. The summed E-state index contributed by atoms with van der Waals surface area (Å²) in [6, 6.07) is 18.6. The van der Waals surface area contributed by atoms with Crippen LogP contribution in [0.5, 0.6) is 11.5 Å². The molecule has 43 heavy (non-hydrogen) atoms. The third-order valence-corrected chi connectivity index (χ3v) is 8.08. The van der Waals surface area contributed by atoms with Crippen molar-refractivity contribution in [2.45, 2.75) is 13.3 Å². The molecule has 0 radical (unpaired) electrons. The Hall–Kier alpha value is -4.22. The molecule has 3 N–H and O–H groups in total. The maximum Gasteiger partial charge on any atom is 0.335 e. The van der Waals surface area contributed by atoms with Crippen molar-refractivity contribution in [2.75, 3.05) is 68.6 Å². The van der Waals surface area contributed by atoms with Gasteiger partial charge in [-0.25, -0.2) is 9.59 Å². The summed E-state index contributed by atoms with van der Waals surface area (Å²) >= 11 is 1.94. The summed E-state index contributed by atoms with van der Waals surface area (Å²) in [5.74, 6) is 2.14. The number of benzene rings is 3. The van der Waals surface area contributed by atoms with E-state index in [1.165, 1.54) is 19.2 Å². The van der Waals surface area contributed by atoms with Crippen molar-refractivity contribution in [3.8, 4) is 11.5 Å². The number of urea groups is 1. The highest BCUT2D eigenvalue weighted by atomic mass is 32.2. The van der Waals surface area contributed by atoms with Crippen LogP contribution in [-0.4, -0.2) is 90.8 Å². The zero-order chi connectivity index (χ0) is 30.6. The van der Waals surface area contributed by atoms with Crippen molar-refractivity contribution < 1.29 is 29.0 Å². The molecule has 0 atom stereocenters. The van der Waals surface area contributed by atoms with E-state index in [0.717, 1.165) is 42.3 Å². The summed E-state index contributed by atoms with van der Waals surface area (Å²) in [6.07, 6.45) is 0.162. The molecule has 0 unspecified atom stereocenters. The number of ether oxygens (including phenoxy) is 2. The number of aryl methyl sites for hydroxylation is 1. The Morgan fingerprint density at radius 3 is 2.37 bits per heavy atom. The van der Waals surface area contributed by atoms with Crippen molar-refractivity contribution in [2.24, 2.45) is 0 Å². The van der Waals surface area contributed by atoms with Gasteiger partial charge in [-0.05, 0) is 60.5 Å². The minimum absolute atomic E-state index is 0.0451. The Morgan fingerprint density at radius 1 is 0.953 bits per heavy atom. The number of methoxy groups -OCH3 is 1. The van der Waals surface area contributed by atoms with Crippen molar-refractivity contribution in [3.63, 3.8) is 0 Å². The van der Waals surface area contributed by atoms with Crippen molar-refractivity contribution in [1.82, 2.24) is 9.80 Å². The number of hydrogen-bond acceptors (Lipinski definition) is 7. The molecule has 4 rings (SSSR count). The highest BCUT2D eigenvalue weighted by Crippen LogP contribution is 2.27. The van der Waals surface area contributed by atoms with Gasteiger partial charge in [0.05, 0.1) is 31.3 Å². The fourth-order valence-corrected chi connectivity index (χ4v) is 5.62. The summed E-state index contributed by atoms with van der Waals surface area (Å²) in [5.41, 5.74) is 3.10. The summed E-state index contributed by atoms with van der Waals surface area (Å²) < 4.78 is 11.4. The fraction of sp³-hybridized carbons (Fsp3) is 0.344. The molecule has 1 fully saturated rings. The number of hydrogen-bond donors (Lipinski definition) is 3. The molecule has 0 saturated carbocycles. The average molecular weight is 607 g/mol. The molecule has 228 valence electrons. The largest absolute Gasteiger partial charge is 0.495 e. The van der Waals surface area contributed by atoms with Gasteiger partial charge in [-0.3, -0.25) is 9.69 Å². The first-order valence-corrected chi connectivity index (χ1v) is 15.3. The topological polar surface area (TPSA) is 120 Å². The van der Waals surface area contributed by atoms with E-state index in [-0.39, 0.29) is 24.5 Å². The molecule has 0 bridgehead atoms. The minimum Gasteiger partial charge on any atom is -0.495 e. The van der Waals surface area contributed by atoms with Gasteiger partial charge in [0.1, 0.15) is 18.1 Å². The van der Waals surface area contributed by atoms with E-state index in [9.17, 15) is 14.4 Å². The van der Waals surface area contributed by atoms with Gasteiger partial charge in [-0.2, -0.15) is 11.8 Å². The van der Waals surface area contributed by atoms with Crippen LogP contribution in [0, 0.1) is 6.92 Å². The molecule has 11 heteroatoms. The maximum absolute atomic E-state index is 13.5. The van der Waals surface area contributed by atoms with Gasteiger partial charge in [0.2, 0.25) is 5.91 Å². The number of para-hydroxylation sites is 1. The van der Waals surface area contributed by atoms with Gasteiger partial charge in [0, 0.05) is 43.4 Å². The Balaban J connectivity index is 1.38. The Kier molecular flexibility index (Phi) is 11.7. The first-order chi connectivity index (χ1) is 20.8. The van der Waals surface area contributed by atoms with Crippen LogP contribution in [0.25, 0.3) is 0 Å². The Morgan fingerprint density at radius 2 is 1.67 bits per heavy atom. The number of rotatable bonds is 13. The summed E-state index contributed by atoms with van der Waals surface area (Å²) in [5, 5.41) is 14.8. The normalized spacial score (nSPS) is 13.2. The first-order valence-electron chi connectivity index (χ1n) is 14.2. The quantitative estimate of drug-likeness (QED) is 0.253. The minimum atomic E-state index is -0.995. The molecular formula is C32H38N4O6S. The van der Waals surface area contributed by atoms with Crippen LogP contribution in [0.15, 0.2) is 66.7 Å². The standard InChI is InChI=1S/C32H38N4O6S/c1-23-5-3-4-6-27(23)33-32(40)34-28-12-7-24(21-29(28)41-2)22-30(37)36(14-13-35-16-19-43-20-17-35)15-18-42-26-10-8-25(9-11-26)31(38)39/h3-12,21H,13-20,22H2,1-2H3,(H,38,39)(H2,33,34,40). The lowest BCUT2D eigenvalue weighted by Crippen LogP contribution is -2.43. The highest BCUT2D eigenvalue weighted by molar-refractivity contribution is 7.99. The molecule has 3 aromatic rings.